The van der Waals surface area contributed by atoms with Crippen LogP contribution in [0, 0.1) is 6.92 Å². The second kappa shape index (κ2) is 4.30. The number of aryl methyl sites for hydroxylation is 1. The average molecular weight is 271 g/mol. The molecule has 3 heterocycles. The van der Waals surface area contributed by atoms with E-state index in [2.05, 4.69) is 10.1 Å². The van der Waals surface area contributed by atoms with Crippen molar-refractivity contribution in [1.82, 2.24) is 14.7 Å². The smallest absolute Gasteiger partial charge is 0.341 e. The Morgan fingerprint density at radius 3 is 2.85 bits per heavy atom. The standard InChI is InChI=1S/C13H9N3O4/c1-7-5-10(15-20-7)16-11-8(3-2-4-14-11)6-9(12(16)17)13(18)19/h2-6H,1H3,(H,18,19). The molecule has 0 aliphatic heterocycles. The molecule has 7 nitrogen and oxygen atoms in total. The van der Waals surface area contributed by atoms with Crippen molar-refractivity contribution in [2.75, 3.05) is 0 Å². The molecule has 0 saturated heterocycles. The van der Waals surface area contributed by atoms with Gasteiger partial charge in [0.05, 0.1) is 0 Å². The van der Waals surface area contributed by atoms with Gasteiger partial charge in [-0.1, -0.05) is 5.16 Å². The number of carboxylic acids is 1. The third-order valence-corrected chi connectivity index (χ3v) is 2.84. The maximum absolute atomic E-state index is 12.3. The maximum atomic E-state index is 12.3. The van der Waals surface area contributed by atoms with E-state index in [1.807, 2.05) is 0 Å². The number of fused-ring (bicyclic) bond motifs is 1. The largest absolute Gasteiger partial charge is 0.477 e. The Morgan fingerprint density at radius 1 is 1.40 bits per heavy atom. The van der Waals surface area contributed by atoms with Crippen LogP contribution in [0.15, 0.2) is 39.8 Å². The summed E-state index contributed by atoms with van der Waals surface area (Å²) in [6.07, 6.45) is 1.52. The van der Waals surface area contributed by atoms with Crippen LogP contribution in [-0.2, 0) is 0 Å². The van der Waals surface area contributed by atoms with Crippen LogP contribution in [0.2, 0.25) is 0 Å². The SMILES string of the molecule is Cc1cc(-n2c(=O)c(C(=O)O)cc3cccnc32)no1. The summed E-state index contributed by atoms with van der Waals surface area (Å²) in [6, 6.07) is 6.19. The Balaban J connectivity index is 2.47. The average Bonchev–Trinajstić information content (AvgIpc) is 2.84. The zero-order valence-electron chi connectivity index (χ0n) is 10.4. The number of nitrogens with zero attached hydrogens (tertiary/aromatic N) is 3. The van der Waals surface area contributed by atoms with E-state index >= 15 is 0 Å². The summed E-state index contributed by atoms with van der Waals surface area (Å²) in [7, 11) is 0. The van der Waals surface area contributed by atoms with Crippen LogP contribution in [0.1, 0.15) is 16.1 Å². The molecule has 0 saturated carbocycles. The van der Waals surface area contributed by atoms with Crippen molar-refractivity contribution >= 4 is 17.0 Å². The van der Waals surface area contributed by atoms with Crippen molar-refractivity contribution in [3.05, 3.63) is 52.1 Å². The van der Waals surface area contributed by atoms with Crippen molar-refractivity contribution in [3.63, 3.8) is 0 Å². The first-order chi connectivity index (χ1) is 9.58. The number of aromatic nitrogens is 3. The van der Waals surface area contributed by atoms with E-state index in [0.717, 1.165) is 4.57 Å². The summed E-state index contributed by atoms with van der Waals surface area (Å²) in [5, 5.41) is 13.4. The first-order valence-corrected chi connectivity index (χ1v) is 5.75. The van der Waals surface area contributed by atoms with Gasteiger partial charge in [0.25, 0.3) is 5.56 Å². The zero-order chi connectivity index (χ0) is 14.3. The van der Waals surface area contributed by atoms with E-state index in [-0.39, 0.29) is 11.4 Å². The third-order valence-electron chi connectivity index (χ3n) is 2.84. The summed E-state index contributed by atoms with van der Waals surface area (Å²) in [4.78, 5) is 27.6. The Kier molecular flexibility index (Phi) is 2.60. The Labute approximate surface area is 112 Å². The van der Waals surface area contributed by atoms with Gasteiger partial charge in [0.2, 0.25) is 0 Å². The number of hydrogen-bond acceptors (Lipinski definition) is 5. The lowest BCUT2D eigenvalue weighted by molar-refractivity contribution is 0.0695. The lowest BCUT2D eigenvalue weighted by Gasteiger charge is -2.07. The maximum Gasteiger partial charge on any atom is 0.341 e. The molecule has 0 fully saturated rings. The summed E-state index contributed by atoms with van der Waals surface area (Å²) < 4.78 is 6.07. The normalized spacial score (nSPS) is 10.8. The van der Waals surface area contributed by atoms with Gasteiger partial charge >= 0.3 is 5.97 Å². The zero-order valence-corrected chi connectivity index (χ0v) is 10.4. The minimum absolute atomic E-state index is 0.208. The van der Waals surface area contributed by atoms with Crippen molar-refractivity contribution in [1.29, 1.82) is 0 Å². The number of rotatable bonds is 2. The van der Waals surface area contributed by atoms with E-state index in [4.69, 9.17) is 9.63 Å². The van der Waals surface area contributed by atoms with Gasteiger partial charge in [-0.25, -0.2) is 14.3 Å². The van der Waals surface area contributed by atoms with Crippen LogP contribution in [-0.4, -0.2) is 25.8 Å². The molecule has 0 aliphatic rings. The van der Waals surface area contributed by atoms with Crippen molar-refractivity contribution in [2.45, 2.75) is 6.92 Å². The van der Waals surface area contributed by atoms with Gasteiger partial charge in [0, 0.05) is 17.6 Å². The Hall–Kier alpha value is -2.96. The van der Waals surface area contributed by atoms with E-state index < -0.39 is 11.5 Å². The van der Waals surface area contributed by atoms with Gasteiger partial charge in [-0.3, -0.25) is 4.79 Å². The molecule has 0 aromatic carbocycles. The second-order valence-electron chi connectivity index (χ2n) is 4.22. The number of carbonyl (C=O) groups is 1. The number of carboxylic acid groups (broad SMARTS) is 1. The molecule has 0 aliphatic carbocycles. The fraction of sp³-hybridized carbons (Fsp3) is 0.0769. The van der Waals surface area contributed by atoms with Crippen LogP contribution in [0.5, 0.6) is 0 Å². The van der Waals surface area contributed by atoms with Crippen molar-refractivity contribution < 1.29 is 14.4 Å². The minimum Gasteiger partial charge on any atom is -0.477 e. The molecule has 0 amide bonds. The van der Waals surface area contributed by atoms with Gasteiger partial charge in [0.1, 0.15) is 17.0 Å². The molecule has 0 spiro atoms. The second-order valence-corrected chi connectivity index (χ2v) is 4.22. The molecule has 0 bridgehead atoms. The Morgan fingerprint density at radius 2 is 2.20 bits per heavy atom. The van der Waals surface area contributed by atoms with Crippen molar-refractivity contribution in [2.24, 2.45) is 0 Å². The van der Waals surface area contributed by atoms with Gasteiger partial charge in [-0.15, -0.1) is 0 Å². The molecule has 100 valence electrons. The van der Waals surface area contributed by atoms with Crippen LogP contribution >= 0.6 is 0 Å². The quantitative estimate of drug-likeness (QED) is 0.756. The molecular formula is C13H9N3O4. The highest BCUT2D eigenvalue weighted by atomic mass is 16.5. The first-order valence-electron chi connectivity index (χ1n) is 5.75. The van der Waals surface area contributed by atoms with Crippen molar-refractivity contribution in [3.8, 4) is 5.82 Å². The third kappa shape index (κ3) is 1.76. The number of aromatic carboxylic acids is 1. The summed E-state index contributed by atoms with van der Waals surface area (Å²) >= 11 is 0. The van der Waals surface area contributed by atoms with Crippen LogP contribution in [0.3, 0.4) is 0 Å². The predicted octanol–water partition coefficient (Wildman–Crippen LogP) is 1.38. The highest BCUT2D eigenvalue weighted by molar-refractivity contribution is 5.92. The summed E-state index contributed by atoms with van der Waals surface area (Å²) in [5.74, 6) is -0.578. The fourth-order valence-corrected chi connectivity index (χ4v) is 1.97. The Bertz CT molecular complexity index is 879. The molecular weight excluding hydrogens is 262 g/mol. The highest BCUT2D eigenvalue weighted by Gasteiger charge is 2.18. The van der Waals surface area contributed by atoms with Gasteiger partial charge in [-0.05, 0) is 25.1 Å². The van der Waals surface area contributed by atoms with E-state index in [1.54, 1.807) is 25.1 Å². The molecule has 7 heteroatoms. The lowest BCUT2D eigenvalue weighted by Crippen LogP contribution is -2.26. The predicted molar refractivity (Wildman–Crippen MR) is 69.1 cm³/mol. The molecule has 20 heavy (non-hydrogen) atoms. The molecule has 3 rings (SSSR count). The minimum atomic E-state index is -1.30. The first kappa shape index (κ1) is 12.1. The van der Waals surface area contributed by atoms with Gasteiger partial charge in [0.15, 0.2) is 5.82 Å². The van der Waals surface area contributed by atoms with Crippen LogP contribution < -0.4 is 5.56 Å². The van der Waals surface area contributed by atoms with E-state index in [9.17, 15) is 9.59 Å². The highest BCUT2D eigenvalue weighted by Crippen LogP contribution is 2.15. The van der Waals surface area contributed by atoms with E-state index in [1.165, 1.54) is 12.3 Å². The fourth-order valence-electron chi connectivity index (χ4n) is 1.97. The van der Waals surface area contributed by atoms with Gasteiger partial charge in [-0.2, -0.15) is 0 Å². The molecule has 3 aromatic heterocycles. The topological polar surface area (TPSA) is 98.2 Å². The van der Waals surface area contributed by atoms with E-state index in [0.29, 0.717) is 16.8 Å². The summed E-state index contributed by atoms with van der Waals surface area (Å²) in [5.41, 5.74) is -0.709. The number of hydrogen-bond donors (Lipinski definition) is 1. The molecule has 0 atom stereocenters. The van der Waals surface area contributed by atoms with Gasteiger partial charge < -0.3 is 9.63 Å². The lowest BCUT2D eigenvalue weighted by atomic mass is 10.2. The van der Waals surface area contributed by atoms with Crippen LogP contribution in [0.25, 0.3) is 16.9 Å². The summed E-state index contributed by atoms with van der Waals surface area (Å²) in [6.45, 7) is 1.68. The molecule has 3 aromatic rings. The monoisotopic (exact) mass is 271 g/mol. The molecule has 0 unspecified atom stereocenters. The molecule has 0 radical (unpaired) electrons. The number of pyridine rings is 2. The molecule has 1 N–H and O–H groups in total. The van der Waals surface area contributed by atoms with Crippen LogP contribution in [0.4, 0.5) is 0 Å².